The maximum absolute atomic E-state index is 12.1. The second-order valence-corrected chi connectivity index (χ2v) is 5.91. The molecule has 5 nitrogen and oxygen atoms in total. The van der Waals surface area contributed by atoms with Crippen molar-refractivity contribution in [1.82, 2.24) is 9.80 Å². The lowest BCUT2D eigenvalue weighted by molar-refractivity contribution is -0.177. The van der Waals surface area contributed by atoms with Crippen LogP contribution in [-0.2, 0) is 9.53 Å². The molecule has 2 aliphatic rings. The zero-order valence-corrected chi connectivity index (χ0v) is 12.8. The standard InChI is InChI=1S/C15H28N2O3/c1-3-17(4-2)14(19)12-16-9-7-15(8-10-16)13(18)6-5-11-20-15/h13,18H,3-12H2,1-2H3. The number of likely N-dealkylation sites (N-methyl/N-ethyl adjacent to an activating group) is 1. The van der Waals surface area contributed by atoms with E-state index in [1.54, 1.807) is 0 Å². The van der Waals surface area contributed by atoms with Crippen LogP contribution in [0, 0.1) is 0 Å². The molecule has 20 heavy (non-hydrogen) atoms. The largest absolute Gasteiger partial charge is 0.390 e. The Morgan fingerprint density at radius 2 is 2.00 bits per heavy atom. The molecule has 0 radical (unpaired) electrons. The zero-order valence-electron chi connectivity index (χ0n) is 12.8. The predicted molar refractivity (Wildman–Crippen MR) is 77.5 cm³/mol. The van der Waals surface area contributed by atoms with Crippen LogP contribution in [0.4, 0.5) is 0 Å². The van der Waals surface area contributed by atoms with Crippen LogP contribution in [0.2, 0.25) is 0 Å². The van der Waals surface area contributed by atoms with E-state index in [0.717, 1.165) is 58.5 Å². The Labute approximate surface area is 121 Å². The predicted octanol–water partition coefficient (Wildman–Crippen LogP) is 0.861. The van der Waals surface area contributed by atoms with E-state index in [4.69, 9.17) is 4.74 Å². The van der Waals surface area contributed by atoms with Gasteiger partial charge in [0.05, 0.1) is 18.2 Å². The third kappa shape index (κ3) is 3.32. The van der Waals surface area contributed by atoms with Crippen LogP contribution in [0.1, 0.15) is 39.5 Å². The Morgan fingerprint density at radius 3 is 2.55 bits per heavy atom. The molecule has 1 amide bonds. The fraction of sp³-hybridized carbons (Fsp3) is 0.933. The number of likely N-dealkylation sites (tertiary alicyclic amines) is 1. The van der Waals surface area contributed by atoms with E-state index in [9.17, 15) is 9.90 Å². The molecule has 1 unspecified atom stereocenters. The fourth-order valence-electron chi connectivity index (χ4n) is 3.35. The highest BCUT2D eigenvalue weighted by Gasteiger charge is 2.43. The van der Waals surface area contributed by atoms with Crippen LogP contribution in [0.15, 0.2) is 0 Å². The van der Waals surface area contributed by atoms with E-state index in [-0.39, 0.29) is 17.6 Å². The molecular weight excluding hydrogens is 256 g/mol. The molecule has 1 spiro atoms. The lowest BCUT2D eigenvalue weighted by atomic mass is 9.82. The molecule has 0 bridgehead atoms. The van der Waals surface area contributed by atoms with Crippen LogP contribution >= 0.6 is 0 Å². The highest BCUT2D eigenvalue weighted by atomic mass is 16.5. The molecule has 0 aliphatic carbocycles. The second kappa shape index (κ2) is 6.87. The van der Waals surface area contributed by atoms with E-state index >= 15 is 0 Å². The van der Waals surface area contributed by atoms with Crippen LogP contribution < -0.4 is 0 Å². The third-order valence-corrected chi connectivity index (χ3v) is 4.80. The number of hydrogen-bond acceptors (Lipinski definition) is 4. The second-order valence-electron chi connectivity index (χ2n) is 5.91. The first-order valence-electron chi connectivity index (χ1n) is 7.93. The molecule has 0 aromatic heterocycles. The van der Waals surface area contributed by atoms with E-state index in [1.165, 1.54) is 0 Å². The molecule has 2 heterocycles. The number of amides is 1. The number of piperidine rings is 1. The molecule has 2 saturated heterocycles. The summed E-state index contributed by atoms with van der Waals surface area (Å²) in [5.74, 6) is 0.205. The van der Waals surface area contributed by atoms with E-state index in [0.29, 0.717) is 6.54 Å². The average molecular weight is 284 g/mol. The van der Waals surface area contributed by atoms with Crippen molar-refractivity contribution in [2.45, 2.75) is 51.2 Å². The maximum atomic E-state index is 12.1. The lowest BCUT2D eigenvalue weighted by Crippen LogP contribution is -2.56. The molecular formula is C15H28N2O3. The van der Waals surface area contributed by atoms with Crippen LogP contribution in [0.5, 0.6) is 0 Å². The lowest BCUT2D eigenvalue weighted by Gasteiger charge is -2.46. The Balaban J connectivity index is 1.83. The van der Waals surface area contributed by atoms with Gasteiger partial charge in [-0.25, -0.2) is 0 Å². The molecule has 1 atom stereocenters. The molecule has 2 aliphatic heterocycles. The molecule has 0 aromatic carbocycles. The highest BCUT2D eigenvalue weighted by Crippen LogP contribution is 2.35. The number of carbonyl (C=O) groups excluding carboxylic acids is 1. The first-order chi connectivity index (χ1) is 9.61. The van der Waals surface area contributed by atoms with Crippen LogP contribution in [0.25, 0.3) is 0 Å². The number of aliphatic hydroxyl groups is 1. The van der Waals surface area contributed by atoms with Gasteiger partial charge in [-0.15, -0.1) is 0 Å². The first-order valence-corrected chi connectivity index (χ1v) is 7.93. The fourth-order valence-corrected chi connectivity index (χ4v) is 3.35. The Hall–Kier alpha value is -0.650. The summed E-state index contributed by atoms with van der Waals surface area (Å²) in [5.41, 5.74) is -0.340. The molecule has 116 valence electrons. The highest BCUT2D eigenvalue weighted by molar-refractivity contribution is 5.78. The van der Waals surface area contributed by atoms with Crippen molar-refractivity contribution in [3.05, 3.63) is 0 Å². The van der Waals surface area contributed by atoms with Gasteiger partial charge in [0.15, 0.2) is 0 Å². The monoisotopic (exact) mass is 284 g/mol. The van der Waals surface area contributed by atoms with Gasteiger partial charge < -0.3 is 14.7 Å². The quantitative estimate of drug-likeness (QED) is 0.832. The number of aliphatic hydroxyl groups excluding tert-OH is 1. The minimum atomic E-state index is -0.340. The molecule has 2 rings (SSSR count). The van der Waals surface area contributed by atoms with Gasteiger partial charge >= 0.3 is 0 Å². The van der Waals surface area contributed by atoms with E-state index in [2.05, 4.69) is 4.90 Å². The number of ether oxygens (including phenoxy) is 1. The minimum Gasteiger partial charge on any atom is -0.390 e. The van der Waals surface area contributed by atoms with Crippen LogP contribution in [-0.4, -0.2) is 71.8 Å². The van der Waals surface area contributed by atoms with Gasteiger partial charge in [-0.1, -0.05) is 0 Å². The molecule has 0 aromatic rings. The molecule has 5 heteroatoms. The van der Waals surface area contributed by atoms with E-state index in [1.807, 2.05) is 18.7 Å². The van der Waals surface area contributed by atoms with Gasteiger partial charge in [-0.3, -0.25) is 9.69 Å². The number of carbonyl (C=O) groups is 1. The average Bonchev–Trinajstić information content (AvgIpc) is 2.46. The first kappa shape index (κ1) is 15.7. The molecule has 2 fully saturated rings. The van der Waals surface area contributed by atoms with Gasteiger partial charge in [-0.05, 0) is 39.5 Å². The Morgan fingerprint density at radius 1 is 1.35 bits per heavy atom. The summed E-state index contributed by atoms with van der Waals surface area (Å²) in [4.78, 5) is 16.2. The summed E-state index contributed by atoms with van der Waals surface area (Å²) in [6.07, 6.45) is 3.13. The van der Waals surface area contributed by atoms with E-state index < -0.39 is 0 Å². The van der Waals surface area contributed by atoms with Gasteiger partial charge in [-0.2, -0.15) is 0 Å². The van der Waals surface area contributed by atoms with Gasteiger partial charge in [0, 0.05) is 32.8 Å². The van der Waals surface area contributed by atoms with Crippen molar-refractivity contribution < 1.29 is 14.6 Å². The summed E-state index contributed by atoms with van der Waals surface area (Å²) in [7, 11) is 0. The van der Waals surface area contributed by atoms with Crippen molar-refractivity contribution in [1.29, 1.82) is 0 Å². The van der Waals surface area contributed by atoms with Crippen molar-refractivity contribution in [3.8, 4) is 0 Å². The summed E-state index contributed by atoms with van der Waals surface area (Å²) in [6.45, 7) is 8.50. The summed E-state index contributed by atoms with van der Waals surface area (Å²) in [5, 5.41) is 10.2. The Kier molecular flexibility index (Phi) is 5.41. The van der Waals surface area contributed by atoms with Gasteiger partial charge in [0.1, 0.15) is 0 Å². The molecule has 1 N–H and O–H groups in total. The summed E-state index contributed by atoms with van der Waals surface area (Å²) in [6, 6.07) is 0. The normalized spacial score (nSPS) is 26.6. The summed E-state index contributed by atoms with van der Waals surface area (Å²) >= 11 is 0. The summed E-state index contributed by atoms with van der Waals surface area (Å²) < 4.78 is 5.89. The minimum absolute atomic E-state index is 0.205. The number of rotatable bonds is 4. The topological polar surface area (TPSA) is 53.0 Å². The SMILES string of the molecule is CCN(CC)C(=O)CN1CCC2(CC1)OCCCC2O. The van der Waals surface area contributed by atoms with Crippen LogP contribution in [0.3, 0.4) is 0 Å². The maximum Gasteiger partial charge on any atom is 0.236 e. The third-order valence-electron chi connectivity index (χ3n) is 4.80. The van der Waals surface area contributed by atoms with Gasteiger partial charge in [0.2, 0.25) is 5.91 Å². The van der Waals surface area contributed by atoms with Crippen molar-refractivity contribution >= 4 is 5.91 Å². The Bertz CT molecular complexity index is 323. The smallest absolute Gasteiger partial charge is 0.236 e. The number of hydrogen-bond donors (Lipinski definition) is 1. The molecule has 0 saturated carbocycles. The van der Waals surface area contributed by atoms with Gasteiger partial charge in [0.25, 0.3) is 0 Å². The number of nitrogens with zero attached hydrogens (tertiary/aromatic N) is 2. The van der Waals surface area contributed by atoms with Crippen molar-refractivity contribution in [2.24, 2.45) is 0 Å². The van der Waals surface area contributed by atoms with Crippen molar-refractivity contribution in [2.75, 3.05) is 39.3 Å². The van der Waals surface area contributed by atoms with Crippen molar-refractivity contribution in [3.63, 3.8) is 0 Å². The zero-order chi connectivity index (χ0) is 14.6.